The van der Waals surface area contributed by atoms with Crippen LogP contribution in [0.2, 0.25) is 10.0 Å². The molecule has 23 heavy (non-hydrogen) atoms. The molecule has 1 amide bonds. The van der Waals surface area contributed by atoms with Crippen molar-refractivity contribution in [2.45, 2.75) is 25.8 Å². The van der Waals surface area contributed by atoms with E-state index in [0.717, 1.165) is 0 Å². The fourth-order valence-corrected chi connectivity index (χ4v) is 3.14. The SMILES string of the molecule is COC(=O)C1CCN([C@@H](C)C(=O)Nc2ccc(Cl)cc2Cl)CC1. The zero-order chi connectivity index (χ0) is 17.0. The van der Waals surface area contributed by atoms with Crippen LogP contribution < -0.4 is 5.32 Å². The van der Waals surface area contributed by atoms with Gasteiger partial charge in [-0.05, 0) is 51.1 Å². The molecule has 0 spiro atoms. The molecule has 0 unspecified atom stereocenters. The largest absolute Gasteiger partial charge is 0.469 e. The fourth-order valence-electron chi connectivity index (χ4n) is 2.68. The van der Waals surface area contributed by atoms with Crippen LogP contribution >= 0.6 is 23.2 Å². The third-order valence-corrected chi connectivity index (χ3v) is 4.73. The van der Waals surface area contributed by atoms with Gasteiger partial charge in [0.2, 0.25) is 5.91 Å². The average Bonchev–Trinajstić information content (AvgIpc) is 2.56. The lowest BCUT2D eigenvalue weighted by Gasteiger charge is -2.34. The number of hydrogen-bond donors (Lipinski definition) is 1. The smallest absolute Gasteiger partial charge is 0.308 e. The summed E-state index contributed by atoms with van der Waals surface area (Å²) in [6.45, 7) is 3.21. The van der Waals surface area contributed by atoms with Gasteiger partial charge in [-0.3, -0.25) is 14.5 Å². The highest BCUT2D eigenvalue weighted by Gasteiger charge is 2.30. The summed E-state index contributed by atoms with van der Waals surface area (Å²) in [5.74, 6) is -0.377. The predicted molar refractivity (Wildman–Crippen MR) is 90.9 cm³/mol. The molecule has 5 nitrogen and oxygen atoms in total. The number of anilines is 1. The van der Waals surface area contributed by atoms with Gasteiger partial charge in [-0.2, -0.15) is 0 Å². The van der Waals surface area contributed by atoms with E-state index in [-0.39, 0.29) is 23.8 Å². The first kappa shape index (κ1) is 18.0. The Labute approximate surface area is 145 Å². The molecule has 0 saturated carbocycles. The van der Waals surface area contributed by atoms with Crippen LogP contribution in [0.15, 0.2) is 18.2 Å². The van der Waals surface area contributed by atoms with Gasteiger partial charge in [0.25, 0.3) is 0 Å². The number of halogens is 2. The molecule has 0 aliphatic carbocycles. The highest BCUT2D eigenvalue weighted by Crippen LogP contribution is 2.26. The van der Waals surface area contributed by atoms with Gasteiger partial charge >= 0.3 is 5.97 Å². The van der Waals surface area contributed by atoms with E-state index < -0.39 is 0 Å². The van der Waals surface area contributed by atoms with Crippen LogP contribution in [0.5, 0.6) is 0 Å². The molecular formula is C16H20Cl2N2O3. The Morgan fingerprint density at radius 3 is 2.52 bits per heavy atom. The summed E-state index contributed by atoms with van der Waals surface area (Å²) >= 11 is 11.9. The molecular weight excluding hydrogens is 339 g/mol. The van der Waals surface area contributed by atoms with Gasteiger partial charge in [-0.25, -0.2) is 0 Å². The van der Waals surface area contributed by atoms with Crippen molar-refractivity contribution >= 4 is 40.8 Å². The highest BCUT2D eigenvalue weighted by molar-refractivity contribution is 6.36. The van der Waals surface area contributed by atoms with Crippen LogP contribution in [-0.4, -0.2) is 43.0 Å². The van der Waals surface area contributed by atoms with Crippen molar-refractivity contribution in [3.8, 4) is 0 Å². The molecule has 1 aliphatic rings. The molecule has 1 aliphatic heterocycles. The summed E-state index contributed by atoms with van der Waals surface area (Å²) in [6.07, 6.45) is 1.40. The van der Waals surface area contributed by atoms with Crippen molar-refractivity contribution in [1.82, 2.24) is 4.90 Å². The molecule has 1 heterocycles. The highest BCUT2D eigenvalue weighted by atomic mass is 35.5. The molecule has 7 heteroatoms. The maximum absolute atomic E-state index is 12.4. The first-order valence-electron chi connectivity index (χ1n) is 7.50. The number of amides is 1. The Bertz CT molecular complexity index is 587. The summed E-state index contributed by atoms with van der Waals surface area (Å²) < 4.78 is 4.77. The van der Waals surface area contributed by atoms with E-state index in [0.29, 0.717) is 41.7 Å². The van der Waals surface area contributed by atoms with E-state index in [2.05, 4.69) is 10.2 Å². The Morgan fingerprint density at radius 2 is 1.96 bits per heavy atom. The number of methoxy groups -OCH3 is 1. The van der Waals surface area contributed by atoms with E-state index in [1.54, 1.807) is 18.2 Å². The number of esters is 1. The normalized spacial score (nSPS) is 17.6. The standard InChI is InChI=1S/C16H20Cl2N2O3/c1-10(20-7-5-11(6-8-20)16(22)23-2)15(21)19-14-4-3-12(17)9-13(14)18/h3-4,9-11H,5-8H2,1-2H3,(H,19,21)/t10-/m0/s1. The van der Waals surface area contributed by atoms with Crippen LogP contribution in [0.4, 0.5) is 5.69 Å². The van der Waals surface area contributed by atoms with Gasteiger partial charge in [0.15, 0.2) is 0 Å². The van der Waals surface area contributed by atoms with Crippen molar-refractivity contribution in [2.24, 2.45) is 5.92 Å². The fraction of sp³-hybridized carbons (Fsp3) is 0.500. The Kier molecular flexibility index (Phi) is 6.27. The Hall–Kier alpha value is -1.30. The number of hydrogen-bond acceptors (Lipinski definition) is 4. The molecule has 0 aromatic heterocycles. The number of ether oxygens (including phenoxy) is 1. The number of piperidine rings is 1. The monoisotopic (exact) mass is 358 g/mol. The van der Waals surface area contributed by atoms with Crippen LogP contribution in [-0.2, 0) is 14.3 Å². The molecule has 126 valence electrons. The van der Waals surface area contributed by atoms with Crippen molar-refractivity contribution in [1.29, 1.82) is 0 Å². The topological polar surface area (TPSA) is 58.6 Å². The molecule has 1 atom stereocenters. The summed E-state index contributed by atoms with van der Waals surface area (Å²) in [4.78, 5) is 26.0. The zero-order valence-electron chi connectivity index (χ0n) is 13.1. The lowest BCUT2D eigenvalue weighted by atomic mass is 9.96. The number of carbonyl (C=O) groups is 2. The maximum atomic E-state index is 12.4. The van der Waals surface area contributed by atoms with Gasteiger partial charge in [0.1, 0.15) is 0 Å². The Balaban J connectivity index is 1.92. The van der Waals surface area contributed by atoms with Crippen LogP contribution in [0, 0.1) is 5.92 Å². The number of nitrogens with zero attached hydrogens (tertiary/aromatic N) is 1. The molecule has 1 aromatic carbocycles. The molecule has 1 saturated heterocycles. The number of benzene rings is 1. The minimum absolute atomic E-state index is 0.0720. The van der Waals surface area contributed by atoms with E-state index in [1.165, 1.54) is 7.11 Å². The average molecular weight is 359 g/mol. The summed E-state index contributed by atoms with van der Waals surface area (Å²) in [7, 11) is 1.40. The minimum atomic E-state index is -0.305. The van der Waals surface area contributed by atoms with Crippen molar-refractivity contribution in [3.63, 3.8) is 0 Å². The van der Waals surface area contributed by atoms with E-state index >= 15 is 0 Å². The van der Waals surface area contributed by atoms with Crippen LogP contribution in [0.1, 0.15) is 19.8 Å². The van der Waals surface area contributed by atoms with Gasteiger partial charge < -0.3 is 10.1 Å². The first-order chi connectivity index (χ1) is 10.9. The molecule has 0 bridgehead atoms. The number of carbonyl (C=O) groups excluding carboxylic acids is 2. The zero-order valence-corrected chi connectivity index (χ0v) is 14.7. The molecule has 1 N–H and O–H groups in total. The van der Waals surface area contributed by atoms with Crippen LogP contribution in [0.3, 0.4) is 0 Å². The van der Waals surface area contributed by atoms with Gasteiger partial charge in [0, 0.05) is 5.02 Å². The quantitative estimate of drug-likeness (QED) is 0.839. The predicted octanol–water partition coefficient (Wildman–Crippen LogP) is 3.21. The third kappa shape index (κ3) is 4.59. The van der Waals surface area contributed by atoms with Gasteiger partial charge in [-0.15, -0.1) is 0 Å². The Morgan fingerprint density at radius 1 is 1.30 bits per heavy atom. The van der Waals surface area contributed by atoms with Gasteiger partial charge in [-0.1, -0.05) is 23.2 Å². The number of likely N-dealkylation sites (tertiary alicyclic amines) is 1. The number of nitrogens with one attached hydrogen (secondary N) is 1. The van der Waals surface area contributed by atoms with Gasteiger partial charge in [0.05, 0.1) is 29.8 Å². The van der Waals surface area contributed by atoms with E-state index in [1.807, 2.05) is 6.92 Å². The van der Waals surface area contributed by atoms with E-state index in [9.17, 15) is 9.59 Å². The molecule has 2 rings (SSSR count). The lowest BCUT2D eigenvalue weighted by Crippen LogP contribution is -2.47. The van der Waals surface area contributed by atoms with Crippen LogP contribution in [0.25, 0.3) is 0 Å². The summed E-state index contributed by atoms with van der Waals surface area (Å²) in [5.41, 5.74) is 0.539. The van der Waals surface area contributed by atoms with Crippen molar-refractivity contribution < 1.29 is 14.3 Å². The van der Waals surface area contributed by atoms with E-state index in [4.69, 9.17) is 27.9 Å². The molecule has 0 radical (unpaired) electrons. The van der Waals surface area contributed by atoms with Crippen molar-refractivity contribution in [2.75, 3.05) is 25.5 Å². The second-order valence-electron chi connectivity index (χ2n) is 5.62. The second-order valence-corrected chi connectivity index (χ2v) is 6.47. The molecule has 1 aromatic rings. The second kappa shape index (κ2) is 7.99. The minimum Gasteiger partial charge on any atom is -0.469 e. The molecule has 1 fully saturated rings. The number of rotatable bonds is 4. The van der Waals surface area contributed by atoms with Crippen molar-refractivity contribution in [3.05, 3.63) is 28.2 Å². The first-order valence-corrected chi connectivity index (χ1v) is 8.25. The maximum Gasteiger partial charge on any atom is 0.308 e. The summed E-state index contributed by atoms with van der Waals surface area (Å²) in [6, 6.07) is 4.64. The lowest BCUT2D eigenvalue weighted by molar-refractivity contribution is -0.147. The summed E-state index contributed by atoms with van der Waals surface area (Å²) in [5, 5.41) is 3.74. The third-order valence-electron chi connectivity index (χ3n) is 4.18.